The van der Waals surface area contributed by atoms with Gasteiger partial charge in [0.1, 0.15) is 5.75 Å². The van der Waals surface area contributed by atoms with Crippen LogP contribution in [0.5, 0.6) is 5.75 Å². The van der Waals surface area contributed by atoms with Gasteiger partial charge in [-0.05, 0) is 37.6 Å². The second kappa shape index (κ2) is 7.40. The zero-order valence-corrected chi connectivity index (χ0v) is 13.0. The highest BCUT2D eigenvalue weighted by Crippen LogP contribution is 2.19. The molecule has 6 nitrogen and oxygen atoms in total. The second-order valence-corrected chi connectivity index (χ2v) is 5.00. The molecule has 6 heteroatoms. The first-order valence-corrected chi connectivity index (χ1v) is 7.29. The lowest BCUT2D eigenvalue weighted by atomic mass is 10.1. The third kappa shape index (κ3) is 4.29. The molecule has 0 spiro atoms. The van der Waals surface area contributed by atoms with E-state index in [2.05, 4.69) is 5.32 Å². The number of ether oxygens (including phenoxy) is 1. The number of benzene rings is 2. The maximum atomic E-state index is 12.2. The minimum Gasteiger partial charge on any atom is -0.494 e. The Morgan fingerprint density at radius 1 is 1.26 bits per heavy atom. The van der Waals surface area contributed by atoms with Crippen molar-refractivity contribution >= 4 is 11.6 Å². The number of amides is 1. The monoisotopic (exact) mass is 314 g/mol. The third-order valence-corrected chi connectivity index (χ3v) is 3.36. The molecular weight excluding hydrogens is 296 g/mol. The topological polar surface area (TPSA) is 81.5 Å². The van der Waals surface area contributed by atoms with Gasteiger partial charge >= 0.3 is 0 Å². The highest BCUT2D eigenvalue weighted by molar-refractivity contribution is 5.95. The zero-order valence-electron chi connectivity index (χ0n) is 13.0. The van der Waals surface area contributed by atoms with Gasteiger partial charge in [0.2, 0.25) is 0 Å². The van der Waals surface area contributed by atoms with E-state index < -0.39 is 4.92 Å². The van der Waals surface area contributed by atoms with Gasteiger partial charge in [0.15, 0.2) is 0 Å². The molecule has 1 N–H and O–H groups in total. The van der Waals surface area contributed by atoms with Crippen LogP contribution >= 0.6 is 0 Å². The van der Waals surface area contributed by atoms with Crippen molar-refractivity contribution in [3.8, 4) is 5.75 Å². The van der Waals surface area contributed by atoms with Gasteiger partial charge < -0.3 is 10.1 Å². The van der Waals surface area contributed by atoms with Gasteiger partial charge in [0, 0.05) is 17.7 Å². The Bertz CT molecular complexity index is 698. The summed E-state index contributed by atoms with van der Waals surface area (Å²) in [6.07, 6.45) is 0. The third-order valence-electron chi connectivity index (χ3n) is 3.36. The molecule has 0 bridgehead atoms. The van der Waals surface area contributed by atoms with Gasteiger partial charge in [-0.2, -0.15) is 0 Å². The van der Waals surface area contributed by atoms with E-state index in [9.17, 15) is 14.9 Å². The molecule has 0 aromatic heterocycles. The maximum absolute atomic E-state index is 12.2. The first kappa shape index (κ1) is 16.5. The van der Waals surface area contributed by atoms with Gasteiger partial charge in [-0.25, -0.2) is 0 Å². The molecular formula is C17H18N2O4. The van der Waals surface area contributed by atoms with Crippen LogP contribution in [0.25, 0.3) is 0 Å². The van der Waals surface area contributed by atoms with Crippen molar-refractivity contribution < 1.29 is 14.5 Å². The van der Waals surface area contributed by atoms with Crippen LogP contribution < -0.4 is 10.1 Å². The van der Waals surface area contributed by atoms with Crippen LogP contribution in [0, 0.1) is 10.1 Å². The van der Waals surface area contributed by atoms with Crippen LogP contribution in [0.1, 0.15) is 35.8 Å². The van der Waals surface area contributed by atoms with Crippen molar-refractivity contribution in [2.45, 2.75) is 19.9 Å². The smallest absolute Gasteiger partial charge is 0.270 e. The Morgan fingerprint density at radius 2 is 1.96 bits per heavy atom. The minimum absolute atomic E-state index is 0.105. The largest absolute Gasteiger partial charge is 0.494 e. The van der Waals surface area contributed by atoms with Crippen molar-refractivity contribution in [3.63, 3.8) is 0 Å². The van der Waals surface area contributed by atoms with Gasteiger partial charge in [0.05, 0.1) is 17.6 Å². The number of nitrogens with one attached hydrogen (secondary N) is 1. The van der Waals surface area contributed by atoms with E-state index in [-0.39, 0.29) is 23.2 Å². The van der Waals surface area contributed by atoms with Crippen molar-refractivity contribution in [2.75, 3.05) is 6.61 Å². The van der Waals surface area contributed by atoms with Crippen LogP contribution in [0.15, 0.2) is 48.5 Å². The Hall–Kier alpha value is -2.89. The molecule has 0 fully saturated rings. The molecule has 2 aromatic rings. The molecule has 1 unspecified atom stereocenters. The van der Waals surface area contributed by atoms with Gasteiger partial charge in [0.25, 0.3) is 11.6 Å². The lowest BCUT2D eigenvalue weighted by molar-refractivity contribution is -0.384. The molecule has 0 heterocycles. The van der Waals surface area contributed by atoms with Crippen molar-refractivity contribution in [1.29, 1.82) is 0 Å². The summed E-state index contributed by atoms with van der Waals surface area (Å²) in [6, 6.07) is 12.9. The van der Waals surface area contributed by atoms with Gasteiger partial charge in [-0.3, -0.25) is 14.9 Å². The highest BCUT2D eigenvalue weighted by Gasteiger charge is 2.14. The first-order chi connectivity index (χ1) is 11.0. The van der Waals surface area contributed by atoms with Crippen LogP contribution in [0.2, 0.25) is 0 Å². The number of non-ortho nitro benzene ring substituents is 1. The molecule has 1 atom stereocenters. The van der Waals surface area contributed by atoms with E-state index >= 15 is 0 Å². The van der Waals surface area contributed by atoms with Crippen molar-refractivity contribution in [3.05, 3.63) is 69.8 Å². The molecule has 0 aliphatic heterocycles. The molecule has 1 amide bonds. The molecule has 23 heavy (non-hydrogen) atoms. The Balaban J connectivity index is 2.07. The average molecular weight is 314 g/mol. The summed E-state index contributed by atoms with van der Waals surface area (Å²) < 4.78 is 5.38. The SMILES string of the molecule is CCOc1ccc(C(C)NC(=O)c2cccc([N+](=O)[O-])c2)cc1. The number of hydrogen-bond donors (Lipinski definition) is 1. The lowest BCUT2D eigenvalue weighted by Gasteiger charge is -2.15. The fourth-order valence-corrected chi connectivity index (χ4v) is 2.14. The van der Waals surface area contributed by atoms with E-state index in [0.717, 1.165) is 11.3 Å². The Morgan fingerprint density at radius 3 is 2.57 bits per heavy atom. The van der Waals surface area contributed by atoms with E-state index in [4.69, 9.17) is 4.74 Å². The molecule has 0 saturated heterocycles. The standard InChI is InChI=1S/C17H18N2O4/c1-3-23-16-9-7-13(8-10-16)12(2)18-17(20)14-5-4-6-15(11-14)19(21)22/h4-12H,3H2,1-2H3,(H,18,20). The predicted octanol–water partition coefficient (Wildman–Crippen LogP) is 3.48. The summed E-state index contributed by atoms with van der Waals surface area (Å²) in [4.78, 5) is 22.5. The number of rotatable bonds is 6. The van der Waals surface area contributed by atoms with Crippen LogP contribution in [0.3, 0.4) is 0 Å². The number of carbonyl (C=O) groups excluding carboxylic acids is 1. The van der Waals surface area contributed by atoms with E-state index in [1.54, 1.807) is 6.07 Å². The van der Waals surface area contributed by atoms with Crippen LogP contribution in [-0.4, -0.2) is 17.4 Å². The average Bonchev–Trinajstić information content (AvgIpc) is 2.55. The molecule has 0 aliphatic carbocycles. The summed E-state index contributed by atoms with van der Waals surface area (Å²) in [7, 11) is 0. The van der Waals surface area contributed by atoms with Crippen LogP contribution in [0.4, 0.5) is 5.69 Å². The Labute approximate surface area is 134 Å². The van der Waals surface area contributed by atoms with E-state index in [1.807, 2.05) is 38.1 Å². The first-order valence-electron chi connectivity index (χ1n) is 7.29. The highest BCUT2D eigenvalue weighted by atomic mass is 16.6. The molecule has 0 radical (unpaired) electrons. The second-order valence-electron chi connectivity index (χ2n) is 5.00. The summed E-state index contributed by atoms with van der Waals surface area (Å²) in [5.74, 6) is 0.420. The number of nitrogens with zero attached hydrogens (tertiary/aromatic N) is 1. The molecule has 0 saturated carbocycles. The molecule has 2 aromatic carbocycles. The van der Waals surface area contributed by atoms with Crippen molar-refractivity contribution in [1.82, 2.24) is 5.32 Å². The van der Waals surface area contributed by atoms with Gasteiger partial charge in [-0.15, -0.1) is 0 Å². The van der Waals surface area contributed by atoms with Crippen molar-refractivity contribution in [2.24, 2.45) is 0 Å². The van der Waals surface area contributed by atoms with E-state index in [0.29, 0.717) is 6.61 Å². The fourth-order valence-electron chi connectivity index (χ4n) is 2.14. The fraction of sp³-hybridized carbons (Fsp3) is 0.235. The molecule has 0 aliphatic rings. The van der Waals surface area contributed by atoms with E-state index in [1.165, 1.54) is 18.2 Å². The lowest BCUT2D eigenvalue weighted by Crippen LogP contribution is -2.26. The maximum Gasteiger partial charge on any atom is 0.270 e. The Kier molecular flexibility index (Phi) is 5.30. The summed E-state index contributed by atoms with van der Waals surface area (Å²) in [5.41, 5.74) is 1.08. The van der Waals surface area contributed by atoms with Crippen LogP contribution in [-0.2, 0) is 0 Å². The molecule has 120 valence electrons. The molecule has 2 rings (SSSR count). The zero-order chi connectivity index (χ0) is 16.8. The summed E-state index contributed by atoms with van der Waals surface area (Å²) in [5, 5.41) is 13.6. The normalized spacial score (nSPS) is 11.6. The summed E-state index contributed by atoms with van der Waals surface area (Å²) >= 11 is 0. The van der Waals surface area contributed by atoms with Gasteiger partial charge in [-0.1, -0.05) is 18.2 Å². The number of hydrogen-bond acceptors (Lipinski definition) is 4. The summed E-state index contributed by atoms with van der Waals surface area (Å²) in [6.45, 7) is 4.36. The number of carbonyl (C=O) groups is 1. The quantitative estimate of drug-likeness (QED) is 0.653. The minimum atomic E-state index is -0.521. The number of nitro groups is 1. The number of nitro benzene ring substituents is 1. The predicted molar refractivity (Wildman–Crippen MR) is 86.6 cm³/mol.